The van der Waals surface area contributed by atoms with Gasteiger partial charge >= 0.3 is 0 Å². The lowest BCUT2D eigenvalue weighted by Gasteiger charge is -2.03. The van der Waals surface area contributed by atoms with Crippen molar-refractivity contribution in [3.63, 3.8) is 0 Å². The van der Waals surface area contributed by atoms with Gasteiger partial charge in [0.1, 0.15) is 5.82 Å². The summed E-state index contributed by atoms with van der Waals surface area (Å²) >= 11 is 0. The predicted molar refractivity (Wildman–Crippen MR) is 87.9 cm³/mol. The second-order valence-corrected chi connectivity index (χ2v) is 5.27. The number of rotatable bonds is 6. The summed E-state index contributed by atoms with van der Waals surface area (Å²) in [7, 11) is 0. The molecule has 0 spiro atoms. The molecule has 0 aliphatic rings. The summed E-state index contributed by atoms with van der Waals surface area (Å²) in [5.74, 6) is -0.411. The maximum Gasteiger partial charge on any atom is 0.243 e. The summed E-state index contributed by atoms with van der Waals surface area (Å²) in [6.45, 7) is 2.71. The third-order valence-electron chi connectivity index (χ3n) is 3.36. The van der Waals surface area contributed by atoms with Gasteiger partial charge in [-0.1, -0.05) is 42.0 Å². The lowest BCUT2D eigenvalue weighted by molar-refractivity contribution is -0.116. The molecule has 2 aromatic carbocycles. The number of carbonyl (C=O) groups is 1. The van der Waals surface area contributed by atoms with Crippen molar-refractivity contribution in [1.29, 1.82) is 0 Å². The van der Waals surface area contributed by atoms with Crippen molar-refractivity contribution in [2.45, 2.75) is 19.8 Å². The minimum atomic E-state index is -0.280. The third-order valence-corrected chi connectivity index (χ3v) is 3.36. The monoisotopic (exact) mass is 297 g/mol. The molecular formula is C19H20FNO. The van der Waals surface area contributed by atoms with Crippen LogP contribution in [0.4, 0.5) is 4.39 Å². The van der Waals surface area contributed by atoms with Gasteiger partial charge in [-0.2, -0.15) is 0 Å². The molecule has 0 heterocycles. The lowest BCUT2D eigenvalue weighted by Crippen LogP contribution is -2.22. The Kier molecular flexibility index (Phi) is 5.90. The first-order valence-corrected chi connectivity index (χ1v) is 7.40. The number of hydrogen-bond acceptors (Lipinski definition) is 1. The number of halogens is 1. The van der Waals surface area contributed by atoms with Gasteiger partial charge in [0, 0.05) is 12.6 Å². The fourth-order valence-electron chi connectivity index (χ4n) is 2.06. The molecule has 0 atom stereocenters. The molecule has 114 valence electrons. The normalized spacial score (nSPS) is 10.8. The van der Waals surface area contributed by atoms with E-state index in [1.165, 1.54) is 29.3 Å². The van der Waals surface area contributed by atoms with E-state index < -0.39 is 0 Å². The standard InChI is InChI=1S/C19H20FNO/c1-15-4-6-16(7-5-15)3-2-14-21-19(22)13-10-17-8-11-18(20)12-9-17/h4-13H,2-3,14H2,1H3,(H,21,22)/b13-10+. The molecule has 1 N–H and O–H groups in total. The minimum Gasteiger partial charge on any atom is -0.353 e. The summed E-state index contributed by atoms with van der Waals surface area (Å²) in [6, 6.07) is 14.4. The zero-order chi connectivity index (χ0) is 15.8. The van der Waals surface area contributed by atoms with Crippen LogP contribution in [0.15, 0.2) is 54.6 Å². The van der Waals surface area contributed by atoms with Gasteiger partial charge in [0.25, 0.3) is 0 Å². The highest BCUT2D eigenvalue weighted by atomic mass is 19.1. The van der Waals surface area contributed by atoms with E-state index in [0.29, 0.717) is 6.54 Å². The average molecular weight is 297 g/mol. The first-order chi connectivity index (χ1) is 10.6. The van der Waals surface area contributed by atoms with Crippen LogP contribution in [0.2, 0.25) is 0 Å². The number of aryl methyl sites for hydroxylation is 2. The van der Waals surface area contributed by atoms with Gasteiger partial charge in [0.2, 0.25) is 5.91 Å². The van der Waals surface area contributed by atoms with E-state index in [0.717, 1.165) is 18.4 Å². The highest BCUT2D eigenvalue weighted by Gasteiger charge is 1.97. The first-order valence-electron chi connectivity index (χ1n) is 7.40. The molecular weight excluding hydrogens is 277 g/mol. The lowest BCUT2D eigenvalue weighted by atomic mass is 10.1. The van der Waals surface area contributed by atoms with Gasteiger partial charge in [-0.3, -0.25) is 4.79 Å². The Morgan fingerprint density at radius 2 is 1.77 bits per heavy atom. The van der Waals surface area contributed by atoms with Gasteiger partial charge in [-0.15, -0.1) is 0 Å². The zero-order valence-electron chi connectivity index (χ0n) is 12.7. The van der Waals surface area contributed by atoms with E-state index >= 15 is 0 Å². The van der Waals surface area contributed by atoms with Crippen molar-refractivity contribution in [2.24, 2.45) is 0 Å². The molecule has 0 unspecified atom stereocenters. The molecule has 1 amide bonds. The number of hydrogen-bond donors (Lipinski definition) is 1. The number of carbonyl (C=O) groups excluding carboxylic acids is 1. The van der Waals surface area contributed by atoms with Crippen LogP contribution in [0.25, 0.3) is 6.08 Å². The van der Waals surface area contributed by atoms with Crippen LogP contribution in [0.1, 0.15) is 23.1 Å². The Labute approximate surface area is 130 Å². The molecule has 2 nitrogen and oxygen atoms in total. The number of nitrogens with one attached hydrogen (secondary N) is 1. The largest absolute Gasteiger partial charge is 0.353 e. The number of amides is 1. The number of benzene rings is 2. The van der Waals surface area contributed by atoms with Crippen LogP contribution in [0.3, 0.4) is 0 Å². The molecule has 0 saturated carbocycles. The molecule has 0 aliphatic carbocycles. The van der Waals surface area contributed by atoms with Crippen LogP contribution in [0.5, 0.6) is 0 Å². The van der Waals surface area contributed by atoms with Crippen molar-refractivity contribution in [1.82, 2.24) is 5.32 Å². The van der Waals surface area contributed by atoms with E-state index in [9.17, 15) is 9.18 Å². The fourth-order valence-corrected chi connectivity index (χ4v) is 2.06. The molecule has 2 rings (SSSR count). The smallest absolute Gasteiger partial charge is 0.243 e. The Morgan fingerprint density at radius 3 is 2.45 bits per heavy atom. The molecule has 0 saturated heterocycles. The van der Waals surface area contributed by atoms with Crippen molar-refractivity contribution < 1.29 is 9.18 Å². The topological polar surface area (TPSA) is 29.1 Å². The SMILES string of the molecule is Cc1ccc(CCCNC(=O)/C=C/c2ccc(F)cc2)cc1. The van der Waals surface area contributed by atoms with Crippen LogP contribution in [-0.2, 0) is 11.2 Å². The molecule has 22 heavy (non-hydrogen) atoms. The molecule has 0 bridgehead atoms. The van der Waals surface area contributed by atoms with E-state index in [1.54, 1.807) is 18.2 Å². The third kappa shape index (κ3) is 5.52. The van der Waals surface area contributed by atoms with Crippen LogP contribution in [0, 0.1) is 12.7 Å². The molecule has 2 aromatic rings. The van der Waals surface area contributed by atoms with Crippen molar-refractivity contribution in [2.75, 3.05) is 6.54 Å². The van der Waals surface area contributed by atoms with E-state index in [1.807, 2.05) is 0 Å². The summed E-state index contributed by atoms with van der Waals surface area (Å²) in [5, 5.41) is 2.85. The Balaban J connectivity index is 1.69. The Bertz CT molecular complexity index is 629. The molecule has 0 aromatic heterocycles. The Morgan fingerprint density at radius 1 is 1.09 bits per heavy atom. The summed E-state index contributed by atoms with van der Waals surface area (Å²) in [5.41, 5.74) is 3.33. The maximum absolute atomic E-state index is 12.7. The van der Waals surface area contributed by atoms with Crippen molar-refractivity contribution in [3.05, 3.63) is 77.1 Å². The van der Waals surface area contributed by atoms with E-state index in [4.69, 9.17) is 0 Å². The molecule has 0 fully saturated rings. The fraction of sp³-hybridized carbons (Fsp3) is 0.211. The van der Waals surface area contributed by atoms with Gasteiger partial charge in [-0.25, -0.2) is 4.39 Å². The highest BCUT2D eigenvalue weighted by molar-refractivity contribution is 5.91. The predicted octanol–water partition coefficient (Wildman–Crippen LogP) is 3.90. The average Bonchev–Trinajstić information content (AvgIpc) is 2.53. The van der Waals surface area contributed by atoms with Gasteiger partial charge in [0.05, 0.1) is 0 Å². The molecule has 0 radical (unpaired) electrons. The summed E-state index contributed by atoms with van der Waals surface area (Å²) < 4.78 is 12.7. The first kappa shape index (κ1) is 16.0. The second-order valence-electron chi connectivity index (χ2n) is 5.27. The van der Waals surface area contributed by atoms with Crippen LogP contribution in [-0.4, -0.2) is 12.5 Å². The van der Waals surface area contributed by atoms with Gasteiger partial charge in [-0.05, 0) is 49.1 Å². The Hall–Kier alpha value is -2.42. The summed E-state index contributed by atoms with van der Waals surface area (Å²) in [4.78, 5) is 11.7. The van der Waals surface area contributed by atoms with E-state index in [2.05, 4.69) is 36.5 Å². The minimum absolute atomic E-state index is 0.131. The molecule has 0 aliphatic heterocycles. The second kappa shape index (κ2) is 8.13. The molecule has 3 heteroatoms. The van der Waals surface area contributed by atoms with Crippen molar-refractivity contribution in [3.8, 4) is 0 Å². The quantitative estimate of drug-likeness (QED) is 0.636. The van der Waals surface area contributed by atoms with Crippen LogP contribution < -0.4 is 5.32 Å². The van der Waals surface area contributed by atoms with Gasteiger partial charge < -0.3 is 5.32 Å². The van der Waals surface area contributed by atoms with Crippen molar-refractivity contribution >= 4 is 12.0 Å². The highest BCUT2D eigenvalue weighted by Crippen LogP contribution is 2.06. The summed E-state index contributed by atoms with van der Waals surface area (Å²) in [6.07, 6.45) is 5.00. The zero-order valence-corrected chi connectivity index (χ0v) is 12.7. The van der Waals surface area contributed by atoms with Crippen LogP contribution >= 0.6 is 0 Å². The van der Waals surface area contributed by atoms with E-state index in [-0.39, 0.29) is 11.7 Å². The maximum atomic E-state index is 12.7. The van der Waals surface area contributed by atoms with Gasteiger partial charge in [0.15, 0.2) is 0 Å².